The Hall–Kier alpha value is -1.15. The molecule has 0 atom stereocenters. The first-order valence-corrected chi connectivity index (χ1v) is 7.38. The second-order valence-electron chi connectivity index (χ2n) is 5.40. The minimum absolute atomic E-state index is 0.561. The average Bonchev–Trinajstić information content (AvgIpc) is 2.71. The quantitative estimate of drug-likeness (QED) is 0.722. The van der Waals surface area contributed by atoms with Gasteiger partial charge in [-0.15, -0.1) is 11.3 Å². The minimum Gasteiger partial charge on any atom is -0.241 e. The lowest BCUT2D eigenvalue weighted by atomic mass is 10.0. The summed E-state index contributed by atoms with van der Waals surface area (Å²) in [6.45, 7) is 11.0. The van der Waals surface area contributed by atoms with Gasteiger partial charge in [0.25, 0.3) is 0 Å². The summed E-state index contributed by atoms with van der Waals surface area (Å²) in [4.78, 5) is 6.10. The first kappa shape index (κ1) is 13.3. The molecule has 0 aliphatic heterocycles. The lowest BCUT2D eigenvalue weighted by Gasteiger charge is -2.05. The van der Waals surface area contributed by atoms with Crippen molar-refractivity contribution in [2.24, 2.45) is 0 Å². The molecular formula is C16H21NS. The lowest BCUT2D eigenvalue weighted by Crippen LogP contribution is -1.86. The van der Waals surface area contributed by atoms with Crippen LogP contribution in [0.3, 0.4) is 0 Å². The predicted molar refractivity (Wildman–Crippen MR) is 80.5 cm³/mol. The van der Waals surface area contributed by atoms with Crippen molar-refractivity contribution in [3.63, 3.8) is 0 Å². The number of thiazole rings is 1. The zero-order chi connectivity index (χ0) is 13.3. The minimum atomic E-state index is 0.561. The number of hydrogen-bond acceptors (Lipinski definition) is 2. The topological polar surface area (TPSA) is 12.9 Å². The highest BCUT2D eigenvalue weighted by Crippen LogP contribution is 2.32. The Morgan fingerprint density at radius 1 is 0.944 bits per heavy atom. The molecule has 2 rings (SSSR count). The second kappa shape index (κ2) is 5.23. The molecule has 0 amide bonds. The molecule has 0 aliphatic carbocycles. The normalized spacial score (nSPS) is 11.5. The summed E-state index contributed by atoms with van der Waals surface area (Å²) in [7, 11) is 0. The highest BCUT2D eigenvalue weighted by molar-refractivity contribution is 7.15. The number of aromatic nitrogens is 1. The van der Waals surface area contributed by atoms with E-state index < -0.39 is 0 Å². The molecular weight excluding hydrogens is 238 g/mol. The molecule has 1 heterocycles. The molecule has 18 heavy (non-hydrogen) atoms. The van der Waals surface area contributed by atoms with E-state index in [4.69, 9.17) is 4.98 Å². The first-order valence-electron chi connectivity index (χ1n) is 6.56. The van der Waals surface area contributed by atoms with Crippen LogP contribution >= 0.6 is 11.3 Å². The summed E-state index contributed by atoms with van der Waals surface area (Å²) in [6.07, 6.45) is 0. The van der Waals surface area contributed by atoms with Crippen LogP contribution in [0.15, 0.2) is 24.3 Å². The fourth-order valence-corrected chi connectivity index (χ4v) is 3.15. The number of nitrogens with zero attached hydrogens (tertiary/aromatic N) is 1. The summed E-state index contributed by atoms with van der Waals surface area (Å²) in [5, 5.41) is 1.14. The van der Waals surface area contributed by atoms with Crippen LogP contribution in [0.1, 0.15) is 55.7 Å². The fraction of sp³-hybridized carbons (Fsp3) is 0.438. The Kier molecular flexibility index (Phi) is 3.86. The molecule has 2 heteroatoms. The molecule has 2 aromatic rings. The molecule has 0 bridgehead atoms. The lowest BCUT2D eigenvalue weighted by molar-refractivity contribution is 0.867. The molecule has 1 nitrogen and oxygen atoms in total. The van der Waals surface area contributed by atoms with Gasteiger partial charge in [0.05, 0.1) is 5.69 Å². The van der Waals surface area contributed by atoms with E-state index in [0.29, 0.717) is 11.8 Å². The van der Waals surface area contributed by atoms with Crippen LogP contribution < -0.4 is 0 Å². The van der Waals surface area contributed by atoms with E-state index in [-0.39, 0.29) is 0 Å². The van der Waals surface area contributed by atoms with Crippen molar-refractivity contribution in [3.8, 4) is 10.6 Å². The second-order valence-corrected chi connectivity index (χ2v) is 6.43. The van der Waals surface area contributed by atoms with E-state index in [1.807, 2.05) is 11.3 Å². The van der Waals surface area contributed by atoms with Gasteiger partial charge in [0.2, 0.25) is 0 Å². The van der Waals surface area contributed by atoms with Gasteiger partial charge in [-0.05, 0) is 24.3 Å². The molecule has 96 valence electrons. The molecule has 0 aliphatic rings. The van der Waals surface area contributed by atoms with Crippen LogP contribution in [0.25, 0.3) is 10.6 Å². The van der Waals surface area contributed by atoms with Crippen LogP contribution in [0.4, 0.5) is 0 Å². The molecule has 0 unspecified atom stereocenters. The number of aryl methyl sites for hydroxylation is 1. The standard InChI is InChI=1S/C16H21NS/c1-10(2)13-6-8-14(9-7-13)16-17-12(5)15(18-16)11(3)4/h6-11H,1-5H3. The SMILES string of the molecule is Cc1nc(-c2ccc(C(C)C)cc2)sc1C(C)C. The van der Waals surface area contributed by atoms with Crippen molar-refractivity contribution in [2.75, 3.05) is 0 Å². The molecule has 0 saturated carbocycles. The maximum absolute atomic E-state index is 4.70. The average molecular weight is 259 g/mol. The van der Waals surface area contributed by atoms with Gasteiger partial charge in [-0.3, -0.25) is 0 Å². The largest absolute Gasteiger partial charge is 0.241 e. The molecule has 0 N–H and O–H groups in total. The third-order valence-electron chi connectivity index (χ3n) is 3.18. The zero-order valence-electron chi connectivity index (χ0n) is 11.8. The third-order valence-corrected chi connectivity index (χ3v) is 4.69. The molecule has 0 radical (unpaired) electrons. The Morgan fingerprint density at radius 3 is 2.00 bits per heavy atom. The molecule has 0 fully saturated rings. The van der Waals surface area contributed by atoms with Crippen molar-refractivity contribution in [2.45, 2.75) is 46.5 Å². The van der Waals surface area contributed by atoms with E-state index in [9.17, 15) is 0 Å². The Morgan fingerprint density at radius 2 is 1.56 bits per heavy atom. The van der Waals surface area contributed by atoms with Crippen LogP contribution in [-0.2, 0) is 0 Å². The van der Waals surface area contributed by atoms with Gasteiger partial charge in [-0.2, -0.15) is 0 Å². The molecule has 1 aromatic heterocycles. The first-order chi connectivity index (χ1) is 8.49. The highest BCUT2D eigenvalue weighted by atomic mass is 32.1. The van der Waals surface area contributed by atoms with Crippen molar-refractivity contribution in [1.29, 1.82) is 0 Å². The summed E-state index contributed by atoms with van der Waals surface area (Å²) in [5.74, 6) is 1.15. The number of benzene rings is 1. The van der Waals surface area contributed by atoms with Gasteiger partial charge in [-0.1, -0.05) is 52.0 Å². The van der Waals surface area contributed by atoms with E-state index in [1.165, 1.54) is 21.7 Å². The maximum atomic E-state index is 4.70. The predicted octanol–water partition coefficient (Wildman–Crippen LogP) is 5.37. The summed E-state index contributed by atoms with van der Waals surface area (Å²) in [6, 6.07) is 8.81. The van der Waals surface area contributed by atoms with Crippen LogP contribution in [0.5, 0.6) is 0 Å². The smallest absolute Gasteiger partial charge is 0.123 e. The number of rotatable bonds is 3. The Balaban J connectivity index is 2.34. The molecule has 1 aromatic carbocycles. The van der Waals surface area contributed by atoms with E-state index in [0.717, 1.165) is 5.01 Å². The van der Waals surface area contributed by atoms with E-state index in [2.05, 4.69) is 58.9 Å². The Bertz CT molecular complexity index is 521. The Labute approximate surface area is 114 Å². The monoisotopic (exact) mass is 259 g/mol. The van der Waals surface area contributed by atoms with Gasteiger partial charge in [0.1, 0.15) is 5.01 Å². The van der Waals surface area contributed by atoms with Crippen molar-refractivity contribution < 1.29 is 0 Å². The highest BCUT2D eigenvalue weighted by Gasteiger charge is 2.12. The summed E-state index contributed by atoms with van der Waals surface area (Å²) < 4.78 is 0. The zero-order valence-corrected chi connectivity index (χ0v) is 12.6. The van der Waals surface area contributed by atoms with Crippen molar-refractivity contribution in [3.05, 3.63) is 40.4 Å². The van der Waals surface area contributed by atoms with E-state index in [1.54, 1.807) is 0 Å². The fourth-order valence-electron chi connectivity index (χ4n) is 2.08. The van der Waals surface area contributed by atoms with Crippen LogP contribution in [0, 0.1) is 6.92 Å². The van der Waals surface area contributed by atoms with Crippen molar-refractivity contribution in [1.82, 2.24) is 4.98 Å². The van der Waals surface area contributed by atoms with Gasteiger partial charge < -0.3 is 0 Å². The van der Waals surface area contributed by atoms with Gasteiger partial charge >= 0.3 is 0 Å². The number of hydrogen-bond donors (Lipinski definition) is 0. The maximum Gasteiger partial charge on any atom is 0.123 e. The van der Waals surface area contributed by atoms with Crippen molar-refractivity contribution >= 4 is 11.3 Å². The molecule has 0 spiro atoms. The van der Waals surface area contributed by atoms with Crippen LogP contribution in [-0.4, -0.2) is 4.98 Å². The van der Waals surface area contributed by atoms with Gasteiger partial charge in [0.15, 0.2) is 0 Å². The van der Waals surface area contributed by atoms with Gasteiger partial charge in [-0.25, -0.2) is 4.98 Å². The van der Waals surface area contributed by atoms with Crippen LogP contribution in [0.2, 0.25) is 0 Å². The molecule has 0 saturated heterocycles. The summed E-state index contributed by atoms with van der Waals surface area (Å²) >= 11 is 1.82. The third kappa shape index (κ3) is 2.64. The van der Waals surface area contributed by atoms with Gasteiger partial charge in [0, 0.05) is 10.4 Å². The van der Waals surface area contributed by atoms with E-state index >= 15 is 0 Å². The summed E-state index contributed by atoms with van der Waals surface area (Å²) in [5.41, 5.74) is 3.80.